The zero-order valence-corrected chi connectivity index (χ0v) is 6.71. The molecule has 1 aliphatic rings. The van der Waals surface area contributed by atoms with Gasteiger partial charge >= 0.3 is 0 Å². The molecule has 0 aromatic rings. The average Bonchev–Trinajstić information content (AvgIpc) is 2.08. The van der Waals surface area contributed by atoms with Gasteiger partial charge in [0.05, 0.1) is 13.2 Å². The zero-order chi connectivity index (χ0) is 6.91. The summed E-state index contributed by atoms with van der Waals surface area (Å²) in [6, 6.07) is 0. The normalized spacial score (nSPS) is 23.0. The summed E-state index contributed by atoms with van der Waals surface area (Å²) < 4.78 is 8.35. The fourth-order valence-corrected chi connectivity index (χ4v) is 0.925. The summed E-state index contributed by atoms with van der Waals surface area (Å²) in [4.78, 5) is 0. The second-order valence-corrected chi connectivity index (χ2v) is 3.98. The van der Waals surface area contributed by atoms with Gasteiger partial charge in [0.1, 0.15) is 0 Å². The van der Waals surface area contributed by atoms with E-state index in [2.05, 4.69) is 0 Å². The second kappa shape index (κ2) is 2.81. The fraction of sp³-hybridized carbons (Fsp3) is 1.00. The largest absolute Gasteiger partial charge is 0.346 e. The molecule has 0 radical (unpaired) electrons. The molecular formula is C4H5Cl3O2. The van der Waals surface area contributed by atoms with E-state index in [0.717, 1.165) is 0 Å². The number of hydrogen-bond donors (Lipinski definition) is 0. The predicted molar refractivity (Wildman–Crippen MR) is 36.0 cm³/mol. The van der Waals surface area contributed by atoms with E-state index in [4.69, 9.17) is 44.3 Å². The van der Waals surface area contributed by atoms with E-state index >= 15 is 0 Å². The van der Waals surface area contributed by atoms with E-state index in [1.807, 2.05) is 0 Å². The lowest BCUT2D eigenvalue weighted by atomic mass is 10.7. The van der Waals surface area contributed by atoms with Crippen molar-refractivity contribution in [3.63, 3.8) is 0 Å². The Kier molecular flexibility index (Phi) is 2.46. The molecule has 2 nitrogen and oxygen atoms in total. The summed E-state index contributed by atoms with van der Waals surface area (Å²) in [5.41, 5.74) is 0. The van der Waals surface area contributed by atoms with E-state index in [-0.39, 0.29) is 0 Å². The molecule has 0 atom stereocenters. The van der Waals surface area contributed by atoms with Crippen molar-refractivity contribution >= 4 is 34.8 Å². The highest BCUT2D eigenvalue weighted by Crippen LogP contribution is 2.34. The highest BCUT2D eigenvalue weighted by molar-refractivity contribution is 6.67. The van der Waals surface area contributed by atoms with Crippen molar-refractivity contribution in [3.8, 4) is 0 Å². The van der Waals surface area contributed by atoms with Gasteiger partial charge in [-0.15, -0.1) is 0 Å². The van der Waals surface area contributed by atoms with Crippen molar-refractivity contribution < 1.29 is 9.47 Å². The lowest BCUT2D eigenvalue weighted by Gasteiger charge is -2.16. The molecule has 1 rings (SSSR count). The molecule has 0 N–H and O–H groups in total. The molecule has 9 heavy (non-hydrogen) atoms. The topological polar surface area (TPSA) is 18.5 Å². The van der Waals surface area contributed by atoms with Crippen LogP contribution in [0.2, 0.25) is 0 Å². The maximum Gasteiger partial charge on any atom is 0.240 e. The lowest BCUT2D eigenvalue weighted by Crippen LogP contribution is -2.25. The molecule has 5 heteroatoms. The van der Waals surface area contributed by atoms with Crippen molar-refractivity contribution in [1.29, 1.82) is 0 Å². The summed E-state index contributed by atoms with van der Waals surface area (Å²) in [7, 11) is 0. The SMILES string of the molecule is ClC(Cl)(Cl)C1OCCO1. The highest BCUT2D eigenvalue weighted by atomic mass is 35.6. The van der Waals surface area contributed by atoms with Crippen LogP contribution in [0.15, 0.2) is 0 Å². The van der Waals surface area contributed by atoms with Gasteiger partial charge in [-0.1, -0.05) is 34.8 Å². The first-order valence-electron chi connectivity index (χ1n) is 2.40. The minimum absolute atomic E-state index is 0.499. The van der Waals surface area contributed by atoms with Crippen LogP contribution in [0.3, 0.4) is 0 Å². The summed E-state index contributed by atoms with van der Waals surface area (Å²) in [5, 5.41) is 0. The first-order chi connectivity index (χ1) is 4.11. The lowest BCUT2D eigenvalue weighted by molar-refractivity contribution is -0.0374. The fourth-order valence-electron chi connectivity index (χ4n) is 0.547. The van der Waals surface area contributed by atoms with Crippen LogP contribution in [0.1, 0.15) is 0 Å². The van der Waals surface area contributed by atoms with E-state index in [0.29, 0.717) is 13.2 Å². The van der Waals surface area contributed by atoms with Crippen LogP contribution in [0, 0.1) is 0 Å². The molecule has 0 aromatic heterocycles. The van der Waals surface area contributed by atoms with E-state index in [1.54, 1.807) is 0 Å². The Morgan fingerprint density at radius 3 is 1.78 bits per heavy atom. The average molecular weight is 191 g/mol. The number of halogens is 3. The maximum atomic E-state index is 5.42. The van der Waals surface area contributed by atoms with Gasteiger partial charge in [0, 0.05) is 0 Å². The smallest absolute Gasteiger partial charge is 0.240 e. The van der Waals surface area contributed by atoms with Gasteiger partial charge in [-0.2, -0.15) is 0 Å². The Morgan fingerprint density at radius 2 is 1.56 bits per heavy atom. The molecular weight excluding hydrogens is 186 g/mol. The summed E-state index contributed by atoms with van der Waals surface area (Å²) in [6.45, 7) is 0.997. The Balaban J connectivity index is 2.42. The standard InChI is InChI=1S/C4H5Cl3O2/c5-4(6,7)3-8-1-2-9-3/h3H,1-2H2. The van der Waals surface area contributed by atoms with E-state index in [1.165, 1.54) is 0 Å². The summed E-state index contributed by atoms with van der Waals surface area (Å²) >= 11 is 16.3. The molecule has 0 aromatic carbocycles. The van der Waals surface area contributed by atoms with Gasteiger partial charge in [-0.05, 0) is 0 Å². The van der Waals surface area contributed by atoms with Crippen LogP contribution in [0.4, 0.5) is 0 Å². The van der Waals surface area contributed by atoms with Gasteiger partial charge < -0.3 is 9.47 Å². The number of hydrogen-bond acceptors (Lipinski definition) is 2. The molecule has 1 heterocycles. The maximum absolute atomic E-state index is 5.42. The molecule has 0 bridgehead atoms. The molecule has 0 spiro atoms. The van der Waals surface area contributed by atoms with Gasteiger partial charge in [0.15, 0.2) is 0 Å². The van der Waals surface area contributed by atoms with Crippen LogP contribution in [-0.4, -0.2) is 23.3 Å². The Bertz CT molecular complexity index is 94.5. The van der Waals surface area contributed by atoms with Crippen LogP contribution < -0.4 is 0 Å². The third-order valence-corrected chi connectivity index (χ3v) is 1.42. The van der Waals surface area contributed by atoms with Crippen molar-refractivity contribution in [2.45, 2.75) is 10.1 Å². The quantitative estimate of drug-likeness (QED) is 0.543. The summed E-state index contributed by atoms with van der Waals surface area (Å²) in [5.74, 6) is 0. The van der Waals surface area contributed by atoms with Crippen molar-refractivity contribution in [2.75, 3.05) is 13.2 Å². The minimum Gasteiger partial charge on any atom is -0.346 e. The molecule has 0 saturated carbocycles. The molecule has 1 aliphatic heterocycles. The van der Waals surface area contributed by atoms with Crippen LogP contribution in [0.5, 0.6) is 0 Å². The first-order valence-corrected chi connectivity index (χ1v) is 3.54. The van der Waals surface area contributed by atoms with E-state index < -0.39 is 10.1 Å². The number of alkyl halides is 3. The molecule has 1 fully saturated rings. The summed E-state index contributed by atoms with van der Waals surface area (Å²) in [6.07, 6.45) is -0.692. The van der Waals surface area contributed by atoms with Crippen molar-refractivity contribution in [1.82, 2.24) is 0 Å². The van der Waals surface area contributed by atoms with Gasteiger partial charge in [0.2, 0.25) is 10.1 Å². The number of rotatable bonds is 0. The highest BCUT2D eigenvalue weighted by Gasteiger charge is 2.37. The van der Waals surface area contributed by atoms with Crippen LogP contribution in [0.25, 0.3) is 0 Å². The van der Waals surface area contributed by atoms with Crippen LogP contribution in [-0.2, 0) is 9.47 Å². The van der Waals surface area contributed by atoms with E-state index in [9.17, 15) is 0 Å². The predicted octanol–water partition coefficient (Wildman–Crippen LogP) is 1.73. The molecule has 1 saturated heterocycles. The third-order valence-electron chi connectivity index (χ3n) is 0.889. The van der Waals surface area contributed by atoms with Gasteiger partial charge in [-0.3, -0.25) is 0 Å². The Labute approximate surface area is 68.0 Å². The van der Waals surface area contributed by atoms with Gasteiger partial charge in [-0.25, -0.2) is 0 Å². The molecule has 0 aliphatic carbocycles. The van der Waals surface area contributed by atoms with Crippen molar-refractivity contribution in [3.05, 3.63) is 0 Å². The molecule has 0 unspecified atom stereocenters. The monoisotopic (exact) mass is 190 g/mol. The second-order valence-electron chi connectivity index (χ2n) is 1.62. The Hall–Kier alpha value is 0.790. The van der Waals surface area contributed by atoms with Crippen LogP contribution >= 0.6 is 34.8 Å². The molecule has 0 amide bonds. The van der Waals surface area contributed by atoms with Gasteiger partial charge in [0.25, 0.3) is 0 Å². The van der Waals surface area contributed by atoms with Crippen molar-refractivity contribution in [2.24, 2.45) is 0 Å². The first kappa shape index (κ1) is 7.89. The zero-order valence-electron chi connectivity index (χ0n) is 4.44. The Morgan fingerprint density at radius 1 is 1.11 bits per heavy atom. The number of ether oxygens (including phenoxy) is 2. The minimum atomic E-state index is -1.45. The molecule has 54 valence electrons. The third kappa shape index (κ3) is 2.13.